The number of benzene rings is 1. The summed E-state index contributed by atoms with van der Waals surface area (Å²) in [6.07, 6.45) is 2.28. The van der Waals surface area contributed by atoms with Gasteiger partial charge in [-0.25, -0.2) is 14.4 Å². The number of aliphatic imine (C=N–C) groups is 1. The highest BCUT2D eigenvalue weighted by Crippen LogP contribution is 2.14. The first-order valence-electron chi connectivity index (χ1n) is 8.46. The first-order chi connectivity index (χ1) is 12.7. The van der Waals surface area contributed by atoms with Gasteiger partial charge in [-0.2, -0.15) is 0 Å². The van der Waals surface area contributed by atoms with Crippen molar-refractivity contribution in [1.82, 2.24) is 25.8 Å². The number of nitrogens with zero attached hydrogens (tertiary/aromatic N) is 3. The molecule has 0 bridgehead atoms. The molecule has 8 heteroatoms. The Balaban J connectivity index is 1.55. The summed E-state index contributed by atoms with van der Waals surface area (Å²) in [4.78, 5) is 8.84. The van der Waals surface area contributed by atoms with E-state index in [-0.39, 0.29) is 5.82 Å². The van der Waals surface area contributed by atoms with E-state index in [9.17, 15) is 4.39 Å². The summed E-state index contributed by atoms with van der Waals surface area (Å²) in [5.74, 6) is 2.19. The lowest BCUT2D eigenvalue weighted by atomic mass is 10.1. The number of nitrogens with one attached hydrogen (secondary N) is 3. The smallest absolute Gasteiger partial charge is 0.216 e. The largest absolute Gasteiger partial charge is 0.461 e. The first-order valence-corrected chi connectivity index (χ1v) is 8.46. The van der Waals surface area contributed by atoms with Crippen LogP contribution in [0, 0.1) is 5.82 Å². The van der Waals surface area contributed by atoms with Crippen LogP contribution in [0.25, 0.3) is 11.6 Å². The second-order valence-electron chi connectivity index (χ2n) is 5.58. The Morgan fingerprint density at radius 2 is 2.19 bits per heavy atom. The Bertz CT molecular complexity index is 843. The van der Waals surface area contributed by atoms with Crippen molar-refractivity contribution in [3.8, 4) is 11.6 Å². The van der Waals surface area contributed by atoms with Crippen molar-refractivity contribution in [2.24, 2.45) is 4.99 Å². The molecule has 0 aliphatic carbocycles. The third kappa shape index (κ3) is 4.92. The highest BCUT2D eigenvalue weighted by Gasteiger charge is 2.08. The summed E-state index contributed by atoms with van der Waals surface area (Å²) in [5.41, 5.74) is 0.937. The van der Waals surface area contributed by atoms with Crippen molar-refractivity contribution >= 4 is 5.96 Å². The number of rotatable bonds is 7. The Labute approximate surface area is 150 Å². The molecule has 0 saturated carbocycles. The SMILES string of the molecule is CCNC(=NCc1nc(-c2ccco2)n[nH]1)NCCc1cccc(F)c1. The molecule has 0 radical (unpaired) electrons. The molecule has 3 rings (SSSR count). The van der Waals surface area contributed by atoms with Gasteiger partial charge < -0.3 is 15.1 Å². The summed E-state index contributed by atoms with van der Waals surface area (Å²) in [6.45, 7) is 3.72. The van der Waals surface area contributed by atoms with E-state index in [1.807, 2.05) is 13.0 Å². The Morgan fingerprint density at radius 1 is 1.27 bits per heavy atom. The average Bonchev–Trinajstić information content (AvgIpc) is 3.31. The third-order valence-electron chi connectivity index (χ3n) is 3.60. The lowest BCUT2D eigenvalue weighted by molar-refractivity contribution is 0.577. The van der Waals surface area contributed by atoms with Crippen molar-refractivity contribution < 1.29 is 8.81 Å². The van der Waals surface area contributed by atoms with Gasteiger partial charge in [0.15, 0.2) is 11.7 Å². The first kappa shape index (κ1) is 17.7. The van der Waals surface area contributed by atoms with Crippen LogP contribution in [0.3, 0.4) is 0 Å². The van der Waals surface area contributed by atoms with E-state index in [2.05, 4.69) is 30.8 Å². The van der Waals surface area contributed by atoms with E-state index < -0.39 is 0 Å². The number of aromatic amines is 1. The second-order valence-corrected chi connectivity index (χ2v) is 5.58. The van der Waals surface area contributed by atoms with Crippen LogP contribution >= 0.6 is 0 Å². The van der Waals surface area contributed by atoms with E-state index in [1.165, 1.54) is 12.1 Å². The summed E-state index contributed by atoms with van der Waals surface area (Å²) in [7, 11) is 0. The van der Waals surface area contributed by atoms with Gasteiger partial charge in [-0.15, -0.1) is 5.10 Å². The van der Waals surface area contributed by atoms with Crippen molar-refractivity contribution in [2.45, 2.75) is 19.9 Å². The maximum absolute atomic E-state index is 13.2. The van der Waals surface area contributed by atoms with Crippen molar-refractivity contribution in [3.05, 3.63) is 59.9 Å². The van der Waals surface area contributed by atoms with Gasteiger partial charge >= 0.3 is 0 Å². The van der Waals surface area contributed by atoms with Gasteiger partial charge in [0.1, 0.15) is 18.2 Å². The minimum absolute atomic E-state index is 0.222. The summed E-state index contributed by atoms with van der Waals surface area (Å²) in [5, 5.41) is 13.4. The van der Waals surface area contributed by atoms with Crippen LogP contribution in [0.1, 0.15) is 18.3 Å². The number of aromatic nitrogens is 3. The molecular weight excluding hydrogens is 335 g/mol. The molecule has 3 N–H and O–H groups in total. The van der Waals surface area contributed by atoms with E-state index in [1.54, 1.807) is 24.5 Å². The number of guanidine groups is 1. The van der Waals surface area contributed by atoms with Crippen LogP contribution in [-0.2, 0) is 13.0 Å². The highest BCUT2D eigenvalue weighted by molar-refractivity contribution is 5.79. The topological polar surface area (TPSA) is 91.1 Å². The molecule has 0 aliphatic heterocycles. The fourth-order valence-electron chi connectivity index (χ4n) is 2.40. The molecule has 0 amide bonds. The number of furan rings is 1. The number of H-pyrrole nitrogens is 1. The molecule has 136 valence electrons. The zero-order valence-corrected chi connectivity index (χ0v) is 14.5. The van der Waals surface area contributed by atoms with Gasteiger partial charge in [-0.05, 0) is 43.2 Å². The van der Waals surface area contributed by atoms with Crippen LogP contribution in [0.15, 0.2) is 52.1 Å². The molecule has 0 saturated heterocycles. The Kier molecular flexibility index (Phi) is 5.97. The Morgan fingerprint density at radius 3 is 2.96 bits per heavy atom. The molecule has 0 aliphatic rings. The van der Waals surface area contributed by atoms with Crippen molar-refractivity contribution in [1.29, 1.82) is 0 Å². The standard InChI is InChI=1S/C18H21FN6O/c1-2-20-18(21-9-8-13-5-3-6-14(19)11-13)22-12-16-23-17(25-24-16)15-7-4-10-26-15/h3-7,10-11H,2,8-9,12H2,1H3,(H2,20,21,22)(H,23,24,25). The molecule has 2 heterocycles. The quantitative estimate of drug-likeness (QED) is 0.447. The second kappa shape index (κ2) is 8.80. The zero-order valence-electron chi connectivity index (χ0n) is 14.5. The molecule has 2 aromatic heterocycles. The summed E-state index contributed by atoms with van der Waals surface area (Å²) >= 11 is 0. The highest BCUT2D eigenvalue weighted by atomic mass is 19.1. The Hall–Kier alpha value is -3.16. The van der Waals surface area contributed by atoms with Gasteiger partial charge in [0.2, 0.25) is 5.82 Å². The maximum Gasteiger partial charge on any atom is 0.216 e. The molecule has 0 spiro atoms. The van der Waals surface area contributed by atoms with E-state index in [0.29, 0.717) is 42.9 Å². The van der Waals surface area contributed by atoms with Crippen molar-refractivity contribution in [2.75, 3.05) is 13.1 Å². The zero-order chi connectivity index (χ0) is 18.2. The van der Waals surface area contributed by atoms with E-state index >= 15 is 0 Å². The van der Waals surface area contributed by atoms with Crippen LogP contribution < -0.4 is 10.6 Å². The van der Waals surface area contributed by atoms with Gasteiger partial charge in [-0.1, -0.05) is 12.1 Å². The average molecular weight is 356 g/mol. The van der Waals surface area contributed by atoms with Gasteiger partial charge in [0.25, 0.3) is 0 Å². The van der Waals surface area contributed by atoms with Crippen LogP contribution in [0.5, 0.6) is 0 Å². The minimum atomic E-state index is -0.222. The van der Waals surface area contributed by atoms with Crippen LogP contribution in [0.2, 0.25) is 0 Å². The minimum Gasteiger partial charge on any atom is -0.461 e. The summed E-state index contributed by atoms with van der Waals surface area (Å²) in [6, 6.07) is 10.2. The fraction of sp³-hybridized carbons (Fsp3) is 0.278. The molecule has 7 nitrogen and oxygen atoms in total. The predicted octanol–water partition coefficient (Wildman–Crippen LogP) is 2.50. The fourth-order valence-corrected chi connectivity index (χ4v) is 2.40. The molecular formula is C18H21FN6O. The molecule has 1 aromatic carbocycles. The van der Waals surface area contributed by atoms with E-state index in [0.717, 1.165) is 12.1 Å². The summed E-state index contributed by atoms with van der Waals surface area (Å²) < 4.78 is 18.5. The lowest BCUT2D eigenvalue weighted by Gasteiger charge is -2.11. The van der Waals surface area contributed by atoms with E-state index in [4.69, 9.17) is 4.42 Å². The predicted molar refractivity (Wildman–Crippen MR) is 97.0 cm³/mol. The van der Waals surface area contributed by atoms with Crippen LogP contribution in [-0.4, -0.2) is 34.2 Å². The molecule has 3 aromatic rings. The lowest BCUT2D eigenvalue weighted by Crippen LogP contribution is -2.38. The molecule has 0 unspecified atom stereocenters. The maximum atomic E-state index is 13.2. The number of hydrogen-bond donors (Lipinski definition) is 3. The molecule has 0 fully saturated rings. The van der Waals surface area contributed by atoms with Gasteiger partial charge in [0.05, 0.1) is 6.26 Å². The number of hydrogen-bond acceptors (Lipinski definition) is 4. The monoisotopic (exact) mass is 356 g/mol. The number of halogens is 1. The van der Waals surface area contributed by atoms with Crippen LogP contribution in [0.4, 0.5) is 4.39 Å². The molecule has 0 atom stereocenters. The molecule has 26 heavy (non-hydrogen) atoms. The van der Waals surface area contributed by atoms with Gasteiger partial charge in [-0.3, -0.25) is 5.10 Å². The van der Waals surface area contributed by atoms with Gasteiger partial charge in [0, 0.05) is 13.1 Å². The van der Waals surface area contributed by atoms with Crippen molar-refractivity contribution in [3.63, 3.8) is 0 Å². The third-order valence-corrected chi connectivity index (χ3v) is 3.60. The normalized spacial score (nSPS) is 11.5.